The average Bonchev–Trinajstić information content (AvgIpc) is 3.24. The lowest BCUT2D eigenvalue weighted by molar-refractivity contribution is 0.0186. The molecule has 2 aromatic carbocycles. The van der Waals surface area contributed by atoms with Crippen LogP contribution in [0.5, 0.6) is 0 Å². The first-order valence-corrected chi connectivity index (χ1v) is 10.8. The molecule has 0 unspecified atom stereocenters. The third kappa shape index (κ3) is 4.96. The monoisotopic (exact) mass is 416 g/mol. The number of oxazole rings is 1. The highest BCUT2D eigenvalue weighted by Crippen LogP contribution is 2.28. The minimum absolute atomic E-state index is 0.141. The van der Waals surface area contributed by atoms with Crippen LogP contribution in [0, 0.1) is 11.3 Å². The summed E-state index contributed by atoms with van der Waals surface area (Å²) in [5.41, 5.74) is 3.68. The molecule has 1 atom stereocenters. The number of nitriles is 1. The van der Waals surface area contributed by atoms with Crippen molar-refractivity contribution in [3.63, 3.8) is 0 Å². The van der Waals surface area contributed by atoms with Crippen molar-refractivity contribution >= 4 is 5.88 Å². The van der Waals surface area contributed by atoms with E-state index in [1.165, 1.54) is 11.1 Å². The number of benzene rings is 2. The van der Waals surface area contributed by atoms with Gasteiger partial charge in [-0.3, -0.25) is 4.90 Å². The first-order chi connectivity index (χ1) is 15.2. The molecule has 1 aromatic heterocycles. The molecular weight excluding hydrogens is 388 g/mol. The van der Waals surface area contributed by atoms with Gasteiger partial charge in [0.1, 0.15) is 6.07 Å². The Bertz CT molecular complexity index is 1020. The quantitative estimate of drug-likeness (QED) is 0.595. The summed E-state index contributed by atoms with van der Waals surface area (Å²) >= 11 is 0. The van der Waals surface area contributed by atoms with E-state index in [-0.39, 0.29) is 11.7 Å². The molecule has 3 aromatic rings. The number of ether oxygens (including phenoxy) is 1. The number of nitrogens with zero attached hydrogens (tertiary/aromatic N) is 3. The molecule has 1 aliphatic heterocycles. The highest BCUT2D eigenvalue weighted by molar-refractivity contribution is 5.58. The van der Waals surface area contributed by atoms with Gasteiger partial charge >= 0.3 is 0 Å². The summed E-state index contributed by atoms with van der Waals surface area (Å²) < 4.78 is 11.5. The zero-order valence-electron chi connectivity index (χ0n) is 18.0. The van der Waals surface area contributed by atoms with Crippen molar-refractivity contribution in [3.8, 4) is 17.5 Å². The molecule has 1 fully saturated rings. The van der Waals surface area contributed by atoms with Crippen LogP contribution in [-0.4, -0.2) is 42.7 Å². The van der Waals surface area contributed by atoms with Crippen LogP contribution in [0.15, 0.2) is 59.0 Å². The summed E-state index contributed by atoms with van der Waals surface area (Å²) in [7, 11) is 0. The summed E-state index contributed by atoms with van der Waals surface area (Å²) in [5.74, 6) is 1.36. The first kappa shape index (κ1) is 21.1. The van der Waals surface area contributed by atoms with Gasteiger partial charge in [0.2, 0.25) is 17.5 Å². The van der Waals surface area contributed by atoms with Gasteiger partial charge in [-0.15, -0.1) is 0 Å². The normalized spacial score (nSPS) is 15.5. The zero-order valence-corrected chi connectivity index (χ0v) is 18.0. The fourth-order valence-electron chi connectivity index (χ4n) is 3.86. The maximum Gasteiger partial charge on any atom is 0.232 e. The van der Waals surface area contributed by atoms with Crippen LogP contribution in [-0.2, 0) is 4.74 Å². The lowest BCUT2D eigenvalue weighted by Gasteiger charge is -2.35. The fourth-order valence-corrected chi connectivity index (χ4v) is 3.86. The second kappa shape index (κ2) is 9.78. The molecule has 0 spiro atoms. The third-order valence-corrected chi connectivity index (χ3v) is 5.68. The van der Waals surface area contributed by atoms with E-state index in [4.69, 9.17) is 9.15 Å². The summed E-state index contributed by atoms with van der Waals surface area (Å²) in [5, 5.41) is 12.9. The van der Waals surface area contributed by atoms with Crippen molar-refractivity contribution < 1.29 is 9.15 Å². The van der Waals surface area contributed by atoms with E-state index in [2.05, 4.69) is 59.4 Å². The van der Waals surface area contributed by atoms with Crippen molar-refractivity contribution in [2.24, 2.45) is 0 Å². The minimum Gasteiger partial charge on any atom is -0.419 e. The molecule has 2 heterocycles. The maximum atomic E-state index is 9.55. The molecule has 6 nitrogen and oxygen atoms in total. The highest BCUT2D eigenvalue weighted by Gasteiger charge is 2.24. The number of nitrogens with one attached hydrogen (secondary N) is 1. The molecule has 1 aliphatic rings. The Kier molecular flexibility index (Phi) is 6.66. The average molecular weight is 417 g/mol. The number of rotatable bonds is 7. The Morgan fingerprint density at radius 1 is 1.03 bits per heavy atom. The van der Waals surface area contributed by atoms with Gasteiger partial charge in [0.15, 0.2) is 0 Å². The van der Waals surface area contributed by atoms with Gasteiger partial charge < -0.3 is 14.5 Å². The largest absolute Gasteiger partial charge is 0.419 e. The summed E-state index contributed by atoms with van der Waals surface area (Å²) in [4.78, 5) is 6.79. The van der Waals surface area contributed by atoms with Crippen LogP contribution < -0.4 is 5.32 Å². The summed E-state index contributed by atoms with van der Waals surface area (Å²) in [6, 6.07) is 20.7. The predicted molar refractivity (Wildman–Crippen MR) is 121 cm³/mol. The highest BCUT2D eigenvalue weighted by atomic mass is 16.5. The molecule has 0 aliphatic carbocycles. The molecule has 31 heavy (non-hydrogen) atoms. The Balaban J connectivity index is 1.56. The molecular formula is C25H28N4O2. The fraction of sp³-hybridized carbons (Fsp3) is 0.360. The van der Waals surface area contributed by atoms with Gasteiger partial charge in [-0.2, -0.15) is 10.2 Å². The minimum atomic E-state index is 0.141. The molecule has 0 radical (unpaired) electrons. The smallest absolute Gasteiger partial charge is 0.232 e. The Morgan fingerprint density at radius 2 is 1.71 bits per heavy atom. The molecule has 4 rings (SSSR count). The van der Waals surface area contributed by atoms with Gasteiger partial charge in [0.05, 0.1) is 19.3 Å². The predicted octanol–water partition coefficient (Wildman–Crippen LogP) is 4.82. The van der Waals surface area contributed by atoms with Crippen molar-refractivity contribution in [1.29, 1.82) is 5.26 Å². The van der Waals surface area contributed by atoms with Crippen molar-refractivity contribution in [3.05, 3.63) is 71.4 Å². The first-order valence-electron chi connectivity index (χ1n) is 10.8. The lowest BCUT2D eigenvalue weighted by atomic mass is 9.98. The van der Waals surface area contributed by atoms with E-state index >= 15 is 0 Å². The van der Waals surface area contributed by atoms with E-state index < -0.39 is 0 Å². The zero-order chi connectivity index (χ0) is 21.6. The second-order valence-corrected chi connectivity index (χ2v) is 8.04. The number of aromatic nitrogens is 1. The third-order valence-electron chi connectivity index (χ3n) is 5.68. The summed E-state index contributed by atoms with van der Waals surface area (Å²) in [6.45, 7) is 8.21. The van der Waals surface area contributed by atoms with Gasteiger partial charge in [0.25, 0.3) is 0 Å². The van der Waals surface area contributed by atoms with Crippen molar-refractivity contribution in [2.45, 2.75) is 25.8 Å². The van der Waals surface area contributed by atoms with Crippen molar-refractivity contribution in [1.82, 2.24) is 9.88 Å². The maximum absolute atomic E-state index is 9.55. The molecule has 1 N–H and O–H groups in total. The topological polar surface area (TPSA) is 74.3 Å². The van der Waals surface area contributed by atoms with Crippen LogP contribution in [0.25, 0.3) is 11.5 Å². The molecule has 0 amide bonds. The number of anilines is 1. The summed E-state index contributed by atoms with van der Waals surface area (Å²) in [6.07, 6.45) is 0. The molecule has 0 saturated carbocycles. The van der Waals surface area contributed by atoms with E-state index in [0.29, 0.717) is 24.2 Å². The number of morpholine rings is 1. The molecule has 160 valence electrons. The van der Waals surface area contributed by atoms with Crippen LogP contribution in [0.1, 0.15) is 42.6 Å². The van der Waals surface area contributed by atoms with E-state index in [0.717, 1.165) is 31.9 Å². The standard InChI is InChI=1S/C25H28N4O2/c1-18(2)19-8-10-20(11-9-19)23(29-12-14-30-15-13-29)17-27-25-22(16-26)28-24(31-25)21-6-4-3-5-7-21/h3-11,18,23,27H,12-15,17H2,1-2H3/t23-/m0/s1. The number of hydrogen-bond acceptors (Lipinski definition) is 6. The van der Waals surface area contributed by atoms with Gasteiger partial charge in [0, 0.05) is 25.2 Å². The Labute approximate surface area is 183 Å². The van der Waals surface area contributed by atoms with E-state index in [1.54, 1.807) is 0 Å². The molecule has 0 bridgehead atoms. The van der Waals surface area contributed by atoms with Crippen LogP contribution >= 0.6 is 0 Å². The van der Waals surface area contributed by atoms with Crippen LogP contribution in [0.4, 0.5) is 5.88 Å². The van der Waals surface area contributed by atoms with Gasteiger partial charge in [-0.25, -0.2) is 0 Å². The SMILES string of the molecule is CC(C)c1ccc([C@H](CNc2oc(-c3ccccc3)nc2C#N)N2CCOCC2)cc1. The van der Waals surface area contributed by atoms with Crippen molar-refractivity contribution in [2.75, 3.05) is 38.2 Å². The van der Waals surface area contributed by atoms with E-state index in [1.807, 2.05) is 30.3 Å². The second-order valence-electron chi connectivity index (χ2n) is 8.04. The van der Waals surface area contributed by atoms with Gasteiger partial charge in [-0.05, 0) is 29.2 Å². The Morgan fingerprint density at radius 3 is 2.35 bits per heavy atom. The molecule has 1 saturated heterocycles. The van der Waals surface area contributed by atoms with Crippen LogP contribution in [0.2, 0.25) is 0 Å². The van der Waals surface area contributed by atoms with E-state index in [9.17, 15) is 5.26 Å². The molecule has 6 heteroatoms. The lowest BCUT2D eigenvalue weighted by Crippen LogP contribution is -2.41. The van der Waals surface area contributed by atoms with Crippen LogP contribution in [0.3, 0.4) is 0 Å². The Hall–Kier alpha value is -3.14. The number of hydrogen-bond donors (Lipinski definition) is 1. The van der Waals surface area contributed by atoms with Gasteiger partial charge in [-0.1, -0.05) is 56.3 Å².